The molecule has 2 N–H and O–H groups in total. The Morgan fingerprint density at radius 2 is 2.25 bits per heavy atom. The molecule has 2 aromatic heterocycles. The largest absolute Gasteiger partial charge is 0.477 e. The number of hydrogen-bond acceptors (Lipinski definition) is 6. The highest BCUT2D eigenvalue weighted by atomic mass is 32.2. The Labute approximate surface area is 119 Å². The van der Waals surface area contributed by atoms with Crippen LogP contribution in [-0.2, 0) is 23.6 Å². The third kappa shape index (κ3) is 2.71. The van der Waals surface area contributed by atoms with E-state index in [1.807, 2.05) is 0 Å². The summed E-state index contributed by atoms with van der Waals surface area (Å²) < 4.78 is 28.3. The first kappa shape index (κ1) is 14.6. The normalized spacial score (nSPS) is 11.7. The second-order valence-corrected chi connectivity index (χ2v) is 6.65. The fraction of sp³-hybridized carbons (Fsp3) is 0.300. The Morgan fingerprint density at radius 3 is 2.80 bits per heavy atom. The average molecular weight is 316 g/mol. The molecule has 0 aromatic carbocycles. The third-order valence-electron chi connectivity index (χ3n) is 2.61. The zero-order valence-electron chi connectivity index (χ0n) is 10.7. The van der Waals surface area contributed by atoms with Crippen LogP contribution in [0.15, 0.2) is 16.6 Å². The predicted molar refractivity (Wildman–Crippen MR) is 71.0 cm³/mol. The number of carboxylic acid groups (broad SMARTS) is 1. The van der Waals surface area contributed by atoms with Crippen LogP contribution in [0.2, 0.25) is 0 Å². The summed E-state index contributed by atoms with van der Waals surface area (Å²) in [6.07, 6.45) is 1.45. The molecule has 20 heavy (non-hydrogen) atoms. The summed E-state index contributed by atoms with van der Waals surface area (Å²) in [6, 6.07) is 0. The van der Waals surface area contributed by atoms with E-state index in [-0.39, 0.29) is 16.3 Å². The van der Waals surface area contributed by atoms with Gasteiger partial charge in [0, 0.05) is 7.05 Å². The van der Waals surface area contributed by atoms with E-state index in [1.165, 1.54) is 11.7 Å². The van der Waals surface area contributed by atoms with E-state index in [1.54, 1.807) is 18.5 Å². The Hall–Kier alpha value is -1.78. The molecule has 0 amide bonds. The lowest BCUT2D eigenvalue weighted by Gasteiger charge is -2.07. The first-order valence-corrected chi connectivity index (χ1v) is 7.83. The van der Waals surface area contributed by atoms with Crippen molar-refractivity contribution in [3.05, 3.63) is 28.0 Å². The predicted octanol–water partition coefficient (Wildman–Crippen LogP) is 0.362. The molecule has 8 nitrogen and oxygen atoms in total. The van der Waals surface area contributed by atoms with E-state index in [0.29, 0.717) is 11.4 Å². The van der Waals surface area contributed by atoms with Crippen molar-refractivity contribution in [3.8, 4) is 0 Å². The SMILES string of the molecule is Cc1csc(C(=O)O)c1S(=O)(=O)NCc1nncn1C. The number of nitrogens with zero attached hydrogens (tertiary/aromatic N) is 3. The van der Waals surface area contributed by atoms with Crippen LogP contribution >= 0.6 is 11.3 Å². The molecular formula is C10H12N4O4S2. The van der Waals surface area contributed by atoms with Crippen molar-refractivity contribution in [2.75, 3.05) is 0 Å². The highest BCUT2D eigenvalue weighted by Crippen LogP contribution is 2.26. The fourth-order valence-electron chi connectivity index (χ4n) is 1.61. The average Bonchev–Trinajstić information content (AvgIpc) is 2.93. The molecule has 108 valence electrons. The van der Waals surface area contributed by atoms with Gasteiger partial charge in [0.25, 0.3) is 0 Å². The molecule has 0 spiro atoms. The first-order chi connectivity index (χ1) is 9.33. The zero-order chi connectivity index (χ0) is 14.9. The van der Waals surface area contributed by atoms with Crippen molar-refractivity contribution in [1.82, 2.24) is 19.5 Å². The number of carboxylic acids is 1. The van der Waals surface area contributed by atoms with Gasteiger partial charge < -0.3 is 9.67 Å². The summed E-state index contributed by atoms with van der Waals surface area (Å²) in [5, 5.41) is 17.9. The number of hydrogen-bond donors (Lipinski definition) is 2. The minimum Gasteiger partial charge on any atom is -0.477 e. The van der Waals surface area contributed by atoms with Crippen LogP contribution in [0.1, 0.15) is 21.1 Å². The van der Waals surface area contributed by atoms with Gasteiger partial charge in [-0.15, -0.1) is 21.5 Å². The lowest BCUT2D eigenvalue weighted by molar-refractivity contribution is 0.0698. The minimum atomic E-state index is -3.92. The lowest BCUT2D eigenvalue weighted by Crippen LogP contribution is -2.26. The zero-order valence-corrected chi connectivity index (χ0v) is 12.3. The summed E-state index contributed by atoms with van der Waals surface area (Å²) in [5.74, 6) is -0.833. The maximum absolute atomic E-state index is 12.2. The Kier molecular flexibility index (Phi) is 3.88. The van der Waals surface area contributed by atoms with Crippen LogP contribution in [0, 0.1) is 6.92 Å². The molecule has 2 aromatic rings. The van der Waals surface area contributed by atoms with E-state index in [9.17, 15) is 13.2 Å². The number of rotatable bonds is 5. The summed E-state index contributed by atoms with van der Waals surface area (Å²) >= 11 is 0.886. The monoisotopic (exact) mass is 316 g/mol. The van der Waals surface area contributed by atoms with Gasteiger partial charge >= 0.3 is 5.97 Å². The molecule has 0 aliphatic heterocycles. The fourth-order valence-corrected chi connectivity index (χ4v) is 4.22. The maximum Gasteiger partial charge on any atom is 0.347 e. The van der Waals surface area contributed by atoms with E-state index in [0.717, 1.165) is 11.3 Å². The second-order valence-electron chi connectivity index (χ2n) is 4.06. The molecule has 0 fully saturated rings. The highest BCUT2D eigenvalue weighted by molar-refractivity contribution is 7.89. The molecule has 0 saturated heterocycles. The van der Waals surface area contributed by atoms with Gasteiger partial charge in [-0.25, -0.2) is 17.9 Å². The molecule has 0 aliphatic rings. The van der Waals surface area contributed by atoms with Crippen molar-refractivity contribution < 1.29 is 18.3 Å². The van der Waals surface area contributed by atoms with Crippen LogP contribution in [0.4, 0.5) is 0 Å². The molecule has 2 heterocycles. The molecule has 2 rings (SSSR count). The van der Waals surface area contributed by atoms with Crippen molar-refractivity contribution in [3.63, 3.8) is 0 Å². The van der Waals surface area contributed by atoms with Gasteiger partial charge in [0.05, 0.1) is 6.54 Å². The Balaban J connectivity index is 2.29. The van der Waals surface area contributed by atoms with E-state index >= 15 is 0 Å². The quantitative estimate of drug-likeness (QED) is 0.823. The summed E-state index contributed by atoms with van der Waals surface area (Å²) in [4.78, 5) is 10.7. The smallest absolute Gasteiger partial charge is 0.347 e. The van der Waals surface area contributed by atoms with E-state index in [4.69, 9.17) is 5.11 Å². The number of aryl methyl sites for hydroxylation is 2. The number of nitrogens with one attached hydrogen (secondary N) is 1. The molecule has 0 bridgehead atoms. The Bertz CT molecular complexity index is 747. The summed E-state index contributed by atoms with van der Waals surface area (Å²) in [6.45, 7) is 1.49. The van der Waals surface area contributed by atoms with Gasteiger partial charge in [0.15, 0.2) is 0 Å². The van der Waals surface area contributed by atoms with Crippen molar-refractivity contribution in [2.45, 2.75) is 18.4 Å². The molecule has 0 saturated carbocycles. The highest BCUT2D eigenvalue weighted by Gasteiger charge is 2.26. The van der Waals surface area contributed by atoms with Gasteiger partial charge in [-0.1, -0.05) is 0 Å². The van der Waals surface area contributed by atoms with Gasteiger partial charge in [0.1, 0.15) is 21.9 Å². The molecule has 0 unspecified atom stereocenters. The summed E-state index contributed by atoms with van der Waals surface area (Å²) in [7, 11) is -2.23. The molecule has 0 atom stereocenters. The van der Waals surface area contributed by atoms with Crippen molar-refractivity contribution in [1.29, 1.82) is 0 Å². The lowest BCUT2D eigenvalue weighted by atomic mass is 10.3. The number of aromatic nitrogens is 3. The van der Waals surface area contributed by atoms with E-state index in [2.05, 4.69) is 14.9 Å². The molecule has 10 heteroatoms. The van der Waals surface area contributed by atoms with Gasteiger partial charge in [0.2, 0.25) is 10.0 Å². The molecule has 0 aliphatic carbocycles. The van der Waals surface area contributed by atoms with Gasteiger partial charge in [-0.2, -0.15) is 0 Å². The standard InChI is InChI=1S/C10H12N4O4S2/c1-6-4-19-8(10(15)16)9(6)20(17,18)12-3-7-13-11-5-14(7)2/h4-5,12H,3H2,1-2H3,(H,15,16). The second kappa shape index (κ2) is 5.31. The molecular weight excluding hydrogens is 304 g/mol. The number of sulfonamides is 1. The van der Waals surface area contributed by atoms with Crippen LogP contribution < -0.4 is 4.72 Å². The number of carbonyl (C=O) groups is 1. The maximum atomic E-state index is 12.2. The minimum absolute atomic E-state index is 0.0623. The summed E-state index contributed by atoms with van der Waals surface area (Å²) in [5.41, 5.74) is 0.401. The van der Waals surface area contributed by atoms with E-state index < -0.39 is 16.0 Å². The number of thiophene rings is 1. The van der Waals surface area contributed by atoms with Crippen molar-refractivity contribution in [2.24, 2.45) is 7.05 Å². The van der Waals surface area contributed by atoms with Gasteiger partial charge in [-0.05, 0) is 17.9 Å². The number of aromatic carboxylic acids is 1. The molecule has 0 radical (unpaired) electrons. The van der Waals surface area contributed by atoms with Crippen LogP contribution in [0.3, 0.4) is 0 Å². The van der Waals surface area contributed by atoms with Crippen LogP contribution in [0.5, 0.6) is 0 Å². The van der Waals surface area contributed by atoms with Crippen molar-refractivity contribution >= 4 is 27.3 Å². The topological polar surface area (TPSA) is 114 Å². The first-order valence-electron chi connectivity index (χ1n) is 5.47. The third-order valence-corrected chi connectivity index (χ3v) is 5.41. The van der Waals surface area contributed by atoms with Gasteiger partial charge in [-0.3, -0.25) is 0 Å². The van der Waals surface area contributed by atoms with Crippen LogP contribution in [0.25, 0.3) is 0 Å². The van der Waals surface area contributed by atoms with Crippen LogP contribution in [-0.4, -0.2) is 34.3 Å². The Morgan fingerprint density at radius 1 is 1.55 bits per heavy atom.